The van der Waals surface area contributed by atoms with Crippen LogP contribution in [-0.4, -0.2) is 12.6 Å². The molecule has 1 aromatic carbocycles. The predicted molar refractivity (Wildman–Crippen MR) is 58.2 cm³/mol. The maximum atomic E-state index is 9.82. The van der Waals surface area contributed by atoms with Gasteiger partial charge in [0.05, 0.1) is 6.61 Å². The minimum atomic E-state index is -0.211. The molecule has 14 heavy (non-hydrogen) atoms. The molecule has 0 saturated heterocycles. The van der Waals surface area contributed by atoms with E-state index in [0.717, 1.165) is 0 Å². The van der Waals surface area contributed by atoms with Crippen LogP contribution in [0.1, 0.15) is 25.0 Å². The summed E-state index contributed by atoms with van der Waals surface area (Å²) in [5.41, 5.74) is 2.74. The van der Waals surface area contributed by atoms with Crippen LogP contribution in [-0.2, 0) is 9.53 Å². The van der Waals surface area contributed by atoms with Gasteiger partial charge in [-0.15, -0.1) is 0 Å². The van der Waals surface area contributed by atoms with E-state index in [1.807, 2.05) is 0 Å². The van der Waals surface area contributed by atoms with Gasteiger partial charge in [0.2, 0.25) is 0 Å². The fourth-order valence-electron chi connectivity index (χ4n) is 0.866. The molecule has 1 aromatic rings. The van der Waals surface area contributed by atoms with Gasteiger partial charge in [0.25, 0.3) is 0 Å². The lowest BCUT2D eigenvalue weighted by Gasteiger charge is -1.93. The Balaban J connectivity index is 0.000000255. The van der Waals surface area contributed by atoms with E-state index in [-0.39, 0.29) is 5.97 Å². The first-order chi connectivity index (χ1) is 6.57. The number of esters is 1. The van der Waals surface area contributed by atoms with Gasteiger partial charge in [-0.05, 0) is 31.9 Å². The first-order valence-corrected chi connectivity index (χ1v) is 4.73. The molecule has 0 fully saturated rings. The summed E-state index contributed by atoms with van der Waals surface area (Å²) in [6.45, 7) is 7.89. The highest BCUT2D eigenvalue weighted by Crippen LogP contribution is 2.02. The second-order valence-corrected chi connectivity index (χ2v) is 3.01. The summed E-state index contributed by atoms with van der Waals surface area (Å²) < 4.78 is 4.40. The van der Waals surface area contributed by atoms with E-state index in [9.17, 15) is 4.79 Å². The molecule has 0 spiro atoms. The van der Waals surface area contributed by atoms with E-state index in [0.29, 0.717) is 6.61 Å². The maximum Gasteiger partial charge on any atom is 0.302 e. The topological polar surface area (TPSA) is 26.3 Å². The number of hydrogen-bond donors (Lipinski definition) is 0. The molecule has 0 radical (unpaired) electrons. The second kappa shape index (κ2) is 7.13. The third-order valence-electron chi connectivity index (χ3n) is 1.77. The first-order valence-electron chi connectivity index (χ1n) is 4.73. The normalized spacial score (nSPS) is 8.57. The molecule has 0 unspecified atom stereocenters. The Kier molecular flexibility index (Phi) is 6.46. The van der Waals surface area contributed by atoms with Crippen molar-refractivity contribution in [3.8, 4) is 0 Å². The molecule has 0 saturated carbocycles. The Morgan fingerprint density at radius 2 is 1.64 bits per heavy atom. The molecule has 0 aliphatic rings. The molecular formula is C12H18O2. The van der Waals surface area contributed by atoms with Gasteiger partial charge in [-0.3, -0.25) is 4.79 Å². The third kappa shape index (κ3) is 6.23. The zero-order valence-corrected chi connectivity index (χ0v) is 9.33. The molecule has 2 heteroatoms. The van der Waals surface area contributed by atoms with E-state index < -0.39 is 0 Å². The van der Waals surface area contributed by atoms with Crippen molar-refractivity contribution in [2.24, 2.45) is 0 Å². The maximum absolute atomic E-state index is 9.82. The standard InChI is InChI=1S/C8H10.C4H8O2/c1-7-5-3-4-6-8(7)2;1-3-6-4(2)5/h3-6H,1-2H3;3H2,1-2H3. The van der Waals surface area contributed by atoms with Crippen LogP contribution in [0, 0.1) is 13.8 Å². The van der Waals surface area contributed by atoms with Gasteiger partial charge in [0, 0.05) is 6.92 Å². The van der Waals surface area contributed by atoms with Crippen LogP contribution in [0.15, 0.2) is 24.3 Å². The zero-order valence-electron chi connectivity index (χ0n) is 9.33. The Bertz CT molecular complexity index is 258. The molecular weight excluding hydrogens is 176 g/mol. The van der Waals surface area contributed by atoms with Crippen LogP contribution < -0.4 is 0 Å². The molecule has 0 aliphatic carbocycles. The number of carbonyl (C=O) groups excluding carboxylic acids is 1. The van der Waals surface area contributed by atoms with Crippen LogP contribution >= 0.6 is 0 Å². The summed E-state index contributed by atoms with van der Waals surface area (Å²) in [6, 6.07) is 8.36. The highest BCUT2D eigenvalue weighted by atomic mass is 16.5. The van der Waals surface area contributed by atoms with Crippen LogP contribution in [0.3, 0.4) is 0 Å². The molecule has 78 valence electrons. The van der Waals surface area contributed by atoms with Gasteiger partial charge >= 0.3 is 5.97 Å². The largest absolute Gasteiger partial charge is 0.466 e. The Morgan fingerprint density at radius 3 is 1.79 bits per heavy atom. The average Bonchev–Trinajstić information content (AvgIpc) is 2.11. The number of benzene rings is 1. The number of rotatable bonds is 1. The second-order valence-electron chi connectivity index (χ2n) is 3.01. The highest BCUT2D eigenvalue weighted by molar-refractivity contribution is 5.65. The zero-order chi connectivity index (χ0) is 11.0. The van der Waals surface area contributed by atoms with Crippen molar-refractivity contribution in [3.05, 3.63) is 35.4 Å². The lowest BCUT2D eigenvalue weighted by Crippen LogP contribution is -1.95. The van der Waals surface area contributed by atoms with Crippen LogP contribution in [0.4, 0.5) is 0 Å². The molecule has 1 rings (SSSR count). The molecule has 0 atom stereocenters. The Morgan fingerprint density at radius 1 is 1.21 bits per heavy atom. The monoisotopic (exact) mass is 194 g/mol. The van der Waals surface area contributed by atoms with Gasteiger partial charge in [0.1, 0.15) is 0 Å². The Hall–Kier alpha value is -1.31. The van der Waals surface area contributed by atoms with Crippen molar-refractivity contribution in [1.82, 2.24) is 0 Å². The third-order valence-corrected chi connectivity index (χ3v) is 1.77. The van der Waals surface area contributed by atoms with Gasteiger partial charge in [-0.2, -0.15) is 0 Å². The summed E-state index contributed by atoms with van der Waals surface area (Å²) in [5, 5.41) is 0. The van der Waals surface area contributed by atoms with Crippen LogP contribution in [0.2, 0.25) is 0 Å². The lowest BCUT2D eigenvalue weighted by atomic mass is 10.1. The predicted octanol–water partition coefficient (Wildman–Crippen LogP) is 2.87. The fraction of sp³-hybridized carbons (Fsp3) is 0.417. The molecule has 0 N–H and O–H groups in total. The quantitative estimate of drug-likeness (QED) is 0.642. The van der Waals surface area contributed by atoms with E-state index in [2.05, 4.69) is 42.8 Å². The number of hydrogen-bond acceptors (Lipinski definition) is 2. The number of carbonyl (C=O) groups is 1. The van der Waals surface area contributed by atoms with Crippen molar-refractivity contribution in [2.75, 3.05) is 6.61 Å². The number of ether oxygens (including phenoxy) is 1. The van der Waals surface area contributed by atoms with Gasteiger partial charge in [-0.25, -0.2) is 0 Å². The van der Waals surface area contributed by atoms with Crippen molar-refractivity contribution in [2.45, 2.75) is 27.7 Å². The summed E-state index contributed by atoms with van der Waals surface area (Å²) >= 11 is 0. The SMILES string of the molecule is CCOC(C)=O.Cc1ccccc1C. The molecule has 0 amide bonds. The Labute approximate surface area is 85.9 Å². The van der Waals surface area contributed by atoms with Crippen molar-refractivity contribution >= 4 is 5.97 Å². The lowest BCUT2D eigenvalue weighted by molar-refractivity contribution is -0.140. The van der Waals surface area contributed by atoms with Crippen molar-refractivity contribution < 1.29 is 9.53 Å². The molecule has 0 aliphatic heterocycles. The van der Waals surface area contributed by atoms with Crippen molar-refractivity contribution in [3.63, 3.8) is 0 Å². The van der Waals surface area contributed by atoms with Crippen LogP contribution in [0.25, 0.3) is 0 Å². The minimum Gasteiger partial charge on any atom is -0.466 e. The van der Waals surface area contributed by atoms with Gasteiger partial charge in [-0.1, -0.05) is 24.3 Å². The first kappa shape index (κ1) is 12.7. The fourth-order valence-corrected chi connectivity index (χ4v) is 0.866. The smallest absolute Gasteiger partial charge is 0.302 e. The molecule has 0 aromatic heterocycles. The summed E-state index contributed by atoms with van der Waals surface area (Å²) in [5.74, 6) is -0.211. The van der Waals surface area contributed by atoms with E-state index >= 15 is 0 Å². The van der Waals surface area contributed by atoms with Gasteiger partial charge < -0.3 is 4.74 Å². The summed E-state index contributed by atoms with van der Waals surface area (Å²) in [7, 11) is 0. The average molecular weight is 194 g/mol. The minimum absolute atomic E-state index is 0.211. The number of aryl methyl sites for hydroxylation is 2. The van der Waals surface area contributed by atoms with E-state index in [4.69, 9.17) is 0 Å². The highest BCUT2D eigenvalue weighted by Gasteiger charge is 1.84. The molecule has 0 heterocycles. The van der Waals surface area contributed by atoms with Crippen LogP contribution in [0.5, 0.6) is 0 Å². The summed E-state index contributed by atoms with van der Waals surface area (Å²) in [4.78, 5) is 9.82. The van der Waals surface area contributed by atoms with E-state index in [1.165, 1.54) is 18.1 Å². The van der Waals surface area contributed by atoms with E-state index in [1.54, 1.807) is 6.92 Å². The molecule has 0 bridgehead atoms. The molecule has 2 nitrogen and oxygen atoms in total. The summed E-state index contributed by atoms with van der Waals surface area (Å²) in [6.07, 6.45) is 0. The van der Waals surface area contributed by atoms with Gasteiger partial charge in [0.15, 0.2) is 0 Å². The van der Waals surface area contributed by atoms with Crippen molar-refractivity contribution in [1.29, 1.82) is 0 Å².